The van der Waals surface area contributed by atoms with Crippen molar-refractivity contribution in [1.29, 1.82) is 0 Å². The van der Waals surface area contributed by atoms with Crippen molar-refractivity contribution in [3.63, 3.8) is 0 Å². The van der Waals surface area contributed by atoms with Crippen molar-refractivity contribution in [2.45, 2.75) is 18.4 Å². The number of benzene rings is 2. The molecule has 0 spiro atoms. The minimum Gasteiger partial charge on any atom is -0.301 e. The molecule has 3 aromatic rings. The quantitative estimate of drug-likeness (QED) is 0.462. The van der Waals surface area contributed by atoms with Crippen LogP contribution < -0.4 is 0 Å². The van der Waals surface area contributed by atoms with Gasteiger partial charge in [-0.15, -0.1) is 24.8 Å². The summed E-state index contributed by atoms with van der Waals surface area (Å²) in [5.41, 5.74) is 1.80. The first-order valence-electron chi connectivity index (χ1n) is 9.64. The van der Waals surface area contributed by atoms with Gasteiger partial charge in [0.1, 0.15) is 4.90 Å². The Balaban J connectivity index is 0.00000171. The van der Waals surface area contributed by atoms with Crippen LogP contribution in [0.2, 0.25) is 10.0 Å². The zero-order valence-corrected chi connectivity index (χ0v) is 21.0. The molecule has 2 aromatic carbocycles. The molecule has 2 heterocycles. The summed E-state index contributed by atoms with van der Waals surface area (Å²) in [5, 5.41) is 1.14. The third kappa shape index (κ3) is 5.33. The molecule has 1 saturated heterocycles. The fourth-order valence-corrected chi connectivity index (χ4v) is 5.88. The molecule has 4 rings (SSSR count). The lowest BCUT2D eigenvalue weighted by Gasteiger charge is -2.34. The van der Waals surface area contributed by atoms with E-state index in [1.165, 1.54) is 15.6 Å². The molecule has 0 N–H and O–H groups in total. The maximum Gasteiger partial charge on any atom is 0.269 e. The van der Waals surface area contributed by atoms with Crippen LogP contribution in [0.4, 0.5) is 0 Å². The van der Waals surface area contributed by atoms with Crippen molar-refractivity contribution in [3.8, 4) is 0 Å². The summed E-state index contributed by atoms with van der Waals surface area (Å²) in [7, 11) is -3.84. The Morgan fingerprint density at radius 3 is 2.29 bits per heavy atom. The monoisotopic (exact) mass is 523 g/mol. The zero-order valence-electron chi connectivity index (χ0n) is 17.0. The summed E-state index contributed by atoms with van der Waals surface area (Å²) in [5.74, 6) is 0. The number of likely N-dealkylation sites (N-methyl/N-ethyl adjacent to an activating group) is 1. The lowest BCUT2D eigenvalue weighted by Crippen LogP contribution is -2.45. The first kappa shape index (κ1) is 26.3. The van der Waals surface area contributed by atoms with Crippen LogP contribution in [0.3, 0.4) is 0 Å². The van der Waals surface area contributed by atoms with Crippen molar-refractivity contribution >= 4 is 68.9 Å². The second kappa shape index (κ2) is 10.8. The lowest BCUT2D eigenvalue weighted by molar-refractivity contribution is 0.132. The highest BCUT2D eigenvalue weighted by Crippen LogP contribution is 2.32. The fraction of sp³-hybridized carbons (Fsp3) is 0.333. The van der Waals surface area contributed by atoms with E-state index in [4.69, 9.17) is 23.2 Å². The Morgan fingerprint density at radius 2 is 1.61 bits per heavy atom. The van der Waals surface area contributed by atoms with E-state index in [9.17, 15) is 8.42 Å². The molecule has 0 aliphatic carbocycles. The van der Waals surface area contributed by atoms with Gasteiger partial charge in [-0.2, -0.15) is 0 Å². The summed E-state index contributed by atoms with van der Waals surface area (Å²) in [6.45, 7) is 8.44. The molecular formula is C21H25Cl4N3O2S. The van der Waals surface area contributed by atoms with Gasteiger partial charge in [0.2, 0.25) is 0 Å². The molecule has 0 amide bonds. The second-order valence-corrected chi connectivity index (χ2v) is 9.84. The summed E-state index contributed by atoms with van der Waals surface area (Å²) in [6.07, 6.45) is 1.57. The Bertz CT molecular complexity index is 1140. The van der Waals surface area contributed by atoms with Gasteiger partial charge in [-0.1, -0.05) is 42.3 Å². The average Bonchev–Trinajstić information content (AvgIpc) is 3.14. The van der Waals surface area contributed by atoms with Crippen molar-refractivity contribution in [2.75, 3.05) is 32.7 Å². The van der Waals surface area contributed by atoms with Crippen LogP contribution >= 0.6 is 48.0 Å². The summed E-state index contributed by atoms with van der Waals surface area (Å²) in [6, 6.07) is 12.4. The molecule has 31 heavy (non-hydrogen) atoms. The number of piperazine rings is 1. The van der Waals surface area contributed by atoms with Crippen LogP contribution in [0.25, 0.3) is 10.9 Å². The smallest absolute Gasteiger partial charge is 0.269 e. The molecule has 10 heteroatoms. The van der Waals surface area contributed by atoms with E-state index < -0.39 is 10.0 Å². The predicted molar refractivity (Wildman–Crippen MR) is 133 cm³/mol. The van der Waals surface area contributed by atoms with Gasteiger partial charge < -0.3 is 4.90 Å². The number of aromatic nitrogens is 1. The lowest BCUT2D eigenvalue weighted by atomic mass is 10.1. The largest absolute Gasteiger partial charge is 0.301 e. The highest BCUT2D eigenvalue weighted by molar-refractivity contribution is 7.90. The van der Waals surface area contributed by atoms with Gasteiger partial charge in [0.05, 0.1) is 15.6 Å². The van der Waals surface area contributed by atoms with Crippen LogP contribution in [-0.4, -0.2) is 54.9 Å². The highest BCUT2D eigenvalue weighted by Gasteiger charge is 2.23. The third-order valence-corrected chi connectivity index (χ3v) is 8.15. The number of hydrogen-bond acceptors (Lipinski definition) is 4. The van der Waals surface area contributed by atoms with Gasteiger partial charge >= 0.3 is 0 Å². The highest BCUT2D eigenvalue weighted by atomic mass is 35.5. The van der Waals surface area contributed by atoms with Crippen molar-refractivity contribution in [2.24, 2.45) is 0 Å². The fourth-order valence-electron chi connectivity index (χ4n) is 3.79. The molecule has 1 aliphatic heterocycles. The van der Waals surface area contributed by atoms with Crippen molar-refractivity contribution in [3.05, 3.63) is 64.3 Å². The Hall–Kier alpha value is -0.990. The Morgan fingerprint density at radius 1 is 0.935 bits per heavy atom. The first-order chi connectivity index (χ1) is 13.9. The predicted octanol–water partition coefficient (Wildman–Crippen LogP) is 5.17. The molecule has 0 atom stereocenters. The number of halogens is 4. The van der Waals surface area contributed by atoms with Gasteiger partial charge in [-0.05, 0) is 42.4 Å². The first-order valence-corrected chi connectivity index (χ1v) is 11.8. The number of fused-ring (bicyclic) bond motifs is 1. The molecule has 5 nitrogen and oxygen atoms in total. The summed E-state index contributed by atoms with van der Waals surface area (Å²) in [4.78, 5) is 4.89. The molecule has 1 fully saturated rings. The minimum absolute atomic E-state index is 0. The molecule has 170 valence electrons. The van der Waals surface area contributed by atoms with Crippen LogP contribution in [0.5, 0.6) is 0 Å². The standard InChI is InChI=1S/C21H23Cl2N3O2S.2ClH/c1-2-24-10-12-25(13-11-24)15-16-6-7-19-17(14-16)8-9-26(19)29(27,28)20-5-3-4-18(22)21(20)23;;/h3-9,14H,2,10-13,15H2,1H3;2*1H. The van der Waals surface area contributed by atoms with Crippen LogP contribution in [0.15, 0.2) is 53.6 Å². The molecule has 0 bridgehead atoms. The van der Waals surface area contributed by atoms with Crippen LogP contribution in [0, 0.1) is 0 Å². The maximum atomic E-state index is 13.1. The Labute approximate surface area is 205 Å². The summed E-state index contributed by atoms with van der Waals surface area (Å²) < 4.78 is 27.6. The van der Waals surface area contributed by atoms with E-state index in [-0.39, 0.29) is 39.8 Å². The summed E-state index contributed by atoms with van der Waals surface area (Å²) >= 11 is 12.2. The maximum absolute atomic E-state index is 13.1. The minimum atomic E-state index is -3.84. The third-order valence-electron chi connectivity index (χ3n) is 5.49. The number of nitrogens with zero attached hydrogens (tertiary/aromatic N) is 3. The van der Waals surface area contributed by atoms with Crippen molar-refractivity contribution in [1.82, 2.24) is 13.8 Å². The van der Waals surface area contributed by atoms with Gasteiger partial charge in [-0.3, -0.25) is 4.90 Å². The van der Waals surface area contributed by atoms with Crippen molar-refractivity contribution < 1.29 is 8.42 Å². The van der Waals surface area contributed by atoms with Crippen LogP contribution in [-0.2, 0) is 16.6 Å². The molecule has 0 radical (unpaired) electrons. The van der Waals surface area contributed by atoms with Crippen LogP contribution in [0.1, 0.15) is 12.5 Å². The van der Waals surface area contributed by atoms with Gasteiger partial charge in [0.25, 0.3) is 10.0 Å². The van der Waals surface area contributed by atoms with E-state index >= 15 is 0 Å². The van der Waals surface area contributed by atoms with Gasteiger partial charge in [0.15, 0.2) is 0 Å². The van der Waals surface area contributed by atoms with E-state index in [0.717, 1.165) is 44.7 Å². The topological polar surface area (TPSA) is 45.5 Å². The van der Waals surface area contributed by atoms with E-state index in [1.807, 2.05) is 18.2 Å². The average molecular weight is 525 g/mol. The molecule has 0 saturated carbocycles. The van der Waals surface area contributed by atoms with E-state index in [0.29, 0.717) is 5.52 Å². The normalized spacial score (nSPS) is 15.5. The number of hydrogen-bond donors (Lipinski definition) is 0. The van der Waals surface area contributed by atoms with Gasteiger partial charge in [-0.25, -0.2) is 12.4 Å². The van der Waals surface area contributed by atoms with E-state index in [2.05, 4.69) is 22.8 Å². The molecule has 1 aliphatic rings. The Kier molecular flexibility index (Phi) is 9.11. The zero-order chi connectivity index (χ0) is 20.6. The number of rotatable bonds is 5. The molecule has 1 aromatic heterocycles. The molecule has 0 unspecified atom stereocenters. The molecular weight excluding hydrogens is 500 g/mol. The van der Waals surface area contributed by atoms with Gasteiger partial charge in [0, 0.05) is 44.3 Å². The SMILES string of the molecule is CCN1CCN(Cc2ccc3c(ccn3S(=O)(=O)c3cccc(Cl)c3Cl)c2)CC1.Cl.Cl. The van der Waals surface area contributed by atoms with E-state index in [1.54, 1.807) is 18.3 Å². The second-order valence-electron chi connectivity index (χ2n) is 7.27.